The summed E-state index contributed by atoms with van der Waals surface area (Å²) in [6.07, 6.45) is 0. The van der Waals surface area contributed by atoms with E-state index in [0.717, 1.165) is 34.0 Å². The summed E-state index contributed by atoms with van der Waals surface area (Å²) in [5, 5.41) is 9.77. The first kappa shape index (κ1) is 19.1. The van der Waals surface area contributed by atoms with Gasteiger partial charge in [-0.2, -0.15) is 5.10 Å². The van der Waals surface area contributed by atoms with Gasteiger partial charge in [0.05, 0.1) is 18.5 Å². The Hall–Kier alpha value is -3.26. The number of methoxy groups -OCH3 is 1. The zero-order valence-electron chi connectivity index (χ0n) is 16.9. The van der Waals surface area contributed by atoms with Gasteiger partial charge in [-0.05, 0) is 45.9 Å². The van der Waals surface area contributed by atoms with Crippen LogP contribution in [0.1, 0.15) is 33.0 Å². The van der Waals surface area contributed by atoms with E-state index in [1.807, 2.05) is 57.3 Å². The van der Waals surface area contributed by atoms with Gasteiger partial charge in [0, 0.05) is 22.3 Å². The molecule has 4 aromatic rings. The van der Waals surface area contributed by atoms with Crippen molar-refractivity contribution in [3.63, 3.8) is 0 Å². The van der Waals surface area contributed by atoms with Crippen LogP contribution in [0.3, 0.4) is 0 Å². The van der Waals surface area contributed by atoms with Crippen LogP contribution in [0.4, 0.5) is 5.13 Å². The van der Waals surface area contributed by atoms with Crippen molar-refractivity contribution in [3.8, 4) is 17.0 Å². The summed E-state index contributed by atoms with van der Waals surface area (Å²) in [6.45, 7) is 7.67. The molecule has 7 nitrogen and oxygen atoms in total. The number of anilines is 1. The van der Waals surface area contributed by atoms with Crippen molar-refractivity contribution in [2.75, 3.05) is 12.4 Å². The first-order chi connectivity index (χ1) is 13.9. The van der Waals surface area contributed by atoms with E-state index >= 15 is 0 Å². The molecule has 0 aliphatic heterocycles. The number of ether oxygens (including phenoxy) is 1. The van der Waals surface area contributed by atoms with Crippen LogP contribution in [0.25, 0.3) is 16.9 Å². The summed E-state index contributed by atoms with van der Waals surface area (Å²) < 4.78 is 7.14. The molecule has 4 rings (SSSR count). The smallest absolute Gasteiger partial charge is 0.263 e. The molecule has 0 radical (unpaired) electrons. The van der Waals surface area contributed by atoms with Crippen LogP contribution in [0.2, 0.25) is 0 Å². The maximum Gasteiger partial charge on any atom is 0.263 e. The van der Waals surface area contributed by atoms with Crippen LogP contribution in [0.15, 0.2) is 29.6 Å². The number of aryl methyl sites for hydroxylation is 4. The molecule has 0 fully saturated rings. The van der Waals surface area contributed by atoms with Crippen LogP contribution in [-0.2, 0) is 0 Å². The van der Waals surface area contributed by atoms with Crippen LogP contribution in [0.5, 0.6) is 5.75 Å². The largest absolute Gasteiger partial charge is 0.496 e. The van der Waals surface area contributed by atoms with Gasteiger partial charge in [-0.3, -0.25) is 10.1 Å². The molecule has 29 heavy (non-hydrogen) atoms. The zero-order chi connectivity index (χ0) is 20.7. The molecular weight excluding hydrogens is 386 g/mol. The highest BCUT2D eigenvalue weighted by Gasteiger charge is 2.21. The monoisotopic (exact) mass is 407 g/mol. The number of nitrogens with zero attached hydrogens (tertiary/aromatic N) is 4. The molecule has 1 N–H and O–H groups in total. The minimum atomic E-state index is -0.271. The van der Waals surface area contributed by atoms with Gasteiger partial charge in [0.2, 0.25) is 0 Å². The lowest BCUT2D eigenvalue weighted by Gasteiger charge is -2.07. The number of hydrogen-bond donors (Lipinski definition) is 1. The van der Waals surface area contributed by atoms with E-state index in [-0.39, 0.29) is 5.91 Å². The molecule has 0 bridgehead atoms. The molecule has 3 heterocycles. The van der Waals surface area contributed by atoms with E-state index in [2.05, 4.69) is 20.4 Å². The standard InChI is InChI=1S/C21H21N5O2S/c1-11-6-7-17(28-5)15(8-11)16-10-29-21(23-16)24-20(27)18-14(4)25-26-13(3)9-12(2)22-19(18)26/h6-10H,1-5H3,(H,23,24,27). The minimum Gasteiger partial charge on any atom is -0.496 e. The third kappa shape index (κ3) is 3.47. The second-order valence-electron chi connectivity index (χ2n) is 6.93. The SMILES string of the molecule is COc1ccc(C)cc1-c1csc(NC(=O)c2c(C)nn3c(C)cc(C)nc23)n1. The highest BCUT2D eigenvalue weighted by molar-refractivity contribution is 7.14. The normalized spacial score (nSPS) is 11.1. The average molecular weight is 407 g/mol. The quantitative estimate of drug-likeness (QED) is 0.544. The summed E-state index contributed by atoms with van der Waals surface area (Å²) in [7, 11) is 1.63. The fourth-order valence-electron chi connectivity index (χ4n) is 3.33. The number of fused-ring (bicyclic) bond motifs is 1. The van der Waals surface area contributed by atoms with Crippen molar-refractivity contribution in [1.29, 1.82) is 0 Å². The Labute approximate surface area is 172 Å². The van der Waals surface area contributed by atoms with Gasteiger partial charge in [0.15, 0.2) is 10.8 Å². The Morgan fingerprint density at radius 2 is 1.93 bits per heavy atom. The van der Waals surface area contributed by atoms with E-state index in [1.54, 1.807) is 11.6 Å². The number of carbonyl (C=O) groups excluding carboxylic acids is 1. The van der Waals surface area contributed by atoms with Crippen LogP contribution in [-0.4, -0.2) is 32.6 Å². The Morgan fingerprint density at radius 3 is 2.69 bits per heavy atom. The molecule has 0 saturated heterocycles. The van der Waals surface area contributed by atoms with Gasteiger partial charge >= 0.3 is 0 Å². The van der Waals surface area contributed by atoms with E-state index in [0.29, 0.717) is 22.0 Å². The Morgan fingerprint density at radius 1 is 1.14 bits per heavy atom. The van der Waals surface area contributed by atoms with Gasteiger partial charge in [-0.25, -0.2) is 14.5 Å². The van der Waals surface area contributed by atoms with Gasteiger partial charge in [0.1, 0.15) is 11.3 Å². The molecule has 1 aromatic carbocycles. The van der Waals surface area contributed by atoms with E-state index in [9.17, 15) is 4.79 Å². The lowest BCUT2D eigenvalue weighted by Crippen LogP contribution is -2.13. The number of hydrogen-bond acceptors (Lipinski definition) is 6. The summed E-state index contributed by atoms with van der Waals surface area (Å²) >= 11 is 1.37. The summed E-state index contributed by atoms with van der Waals surface area (Å²) in [6, 6.07) is 7.86. The maximum atomic E-state index is 13.0. The summed E-state index contributed by atoms with van der Waals surface area (Å²) in [5.74, 6) is 0.472. The fraction of sp³-hybridized carbons (Fsp3) is 0.238. The van der Waals surface area contributed by atoms with Gasteiger partial charge < -0.3 is 4.74 Å². The number of rotatable bonds is 4. The molecular formula is C21H21N5O2S. The molecule has 0 atom stereocenters. The molecule has 0 unspecified atom stereocenters. The van der Waals surface area contributed by atoms with Crippen molar-refractivity contribution in [3.05, 3.63) is 57.9 Å². The molecule has 1 amide bonds. The van der Waals surface area contributed by atoms with E-state index in [4.69, 9.17) is 4.74 Å². The fourth-order valence-corrected chi connectivity index (χ4v) is 4.03. The number of amides is 1. The predicted octanol–water partition coefficient (Wildman–Crippen LogP) is 4.35. The predicted molar refractivity (Wildman–Crippen MR) is 114 cm³/mol. The molecule has 8 heteroatoms. The van der Waals surface area contributed by atoms with Crippen LogP contribution < -0.4 is 10.1 Å². The molecule has 148 valence electrons. The number of carbonyl (C=O) groups is 1. The first-order valence-corrected chi connectivity index (χ1v) is 10.0. The highest BCUT2D eigenvalue weighted by Crippen LogP contribution is 2.33. The van der Waals surface area contributed by atoms with Crippen LogP contribution >= 0.6 is 11.3 Å². The average Bonchev–Trinajstić information content (AvgIpc) is 3.25. The van der Waals surface area contributed by atoms with E-state index in [1.165, 1.54) is 11.3 Å². The van der Waals surface area contributed by atoms with E-state index < -0.39 is 0 Å². The number of thiazole rings is 1. The molecule has 0 saturated carbocycles. The zero-order valence-corrected chi connectivity index (χ0v) is 17.7. The highest BCUT2D eigenvalue weighted by atomic mass is 32.1. The third-order valence-electron chi connectivity index (χ3n) is 4.65. The van der Waals surface area contributed by atoms with Gasteiger partial charge in [0.25, 0.3) is 5.91 Å². The lowest BCUT2D eigenvalue weighted by atomic mass is 10.1. The molecule has 0 spiro atoms. The van der Waals surface area contributed by atoms with Crippen molar-refractivity contribution < 1.29 is 9.53 Å². The van der Waals surface area contributed by atoms with Crippen molar-refractivity contribution in [2.45, 2.75) is 27.7 Å². The number of aromatic nitrogens is 4. The molecule has 0 aliphatic carbocycles. The maximum absolute atomic E-state index is 13.0. The van der Waals surface area contributed by atoms with Gasteiger partial charge in [-0.1, -0.05) is 11.6 Å². The van der Waals surface area contributed by atoms with Crippen LogP contribution in [0, 0.1) is 27.7 Å². The second-order valence-corrected chi connectivity index (χ2v) is 7.79. The Balaban J connectivity index is 1.67. The van der Waals surface area contributed by atoms with Gasteiger partial charge in [-0.15, -0.1) is 11.3 Å². The van der Waals surface area contributed by atoms with Crippen molar-refractivity contribution >= 4 is 28.0 Å². The van der Waals surface area contributed by atoms with Crippen molar-refractivity contribution in [2.24, 2.45) is 0 Å². The minimum absolute atomic E-state index is 0.271. The summed E-state index contributed by atoms with van der Waals surface area (Å²) in [4.78, 5) is 22.1. The third-order valence-corrected chi connectivity index (χ3v) is 5.41. The summed E-state index contributed by atoms with van der Waals surface area (Å²) in [5.41, 5.74) is 6.16. The lowest BCUT2D eigenvalue weighted by molar-refractivity contribution is 0.102. The molecule has 3 aromatic heterocycles. The van der Waals surface area contributed by atoms with Crippen molar-refractivity contribution in [1.82, 2.24) is 19.6 Å². The Kier molecular flexibility index (Phi) is 4.79. The Bertz CT molecular complexity index is 1240. The molecule has 0 aliphatic rings. The number of benzene rings is 1. The first-order valence-electron chi connectivity index (χ1n) is 9.13. The second kappa shape index (κ2) is 7.29. The number of nitrogens with one attached hydrogen (secondary N) is 1. The topological polar surface area (TPSA) is 81.4 Å².